The van der Waals surface area contributed by atoms with Crippen LogP contribution in [0.4, 0.5) is 0 Å². The zero-order chi connectivity index (χ0) is 22.3. The molecule has 0 saturated carbocycles. The molecule has 1 fully saturated rings. The second kappa shape index (κ2) is 10.6. The topological polar surface area (TPSA) is 84.9 Å². The van der Waals surface area contributed by atoms with Gasteiger partial charge in [-0.25, -0.2) is 8.42 Å². The van der Waals surface area contributed by atoms with Crippen LogP contribution in [-0.2, 0) is 10.0 Å². The molecule has 2 aromatic rings. The molecule has 1 aliphatic heterocycles. The summed E-state index contributed by atoms with van der Waals surface area (Å²) < 4.78 is 38.1. The van der Waals surface area contributed by atoms with Crippen molar-refractivity contribution in [1.29, 1.82) is 0 Å². The van der Waals surface area contributed by atoms with E-state index in [0.29, 0.717) is 30.9 Å². The Balaban J connectivity index is 1.45. The summed E-state index contributed by atoms with van der Waals surface area (Å²) >= 11 is 0. The number of sulfonamides is 1. The van der Waals surface area contributed by atoms with Crippen LogP contribution in [0.25, 0.3) is 0 Å². The van der Waals surface area contributed by atoms with Gasteiger partial charge in [-0.1, -0.05) is 6.42 Å². The van der Waals surface area contributed by atoms with Crippen molar-refractivity contribution in [3.05, 3.63) is 54.1 Å². The fraction of sp³-hybridized carbons (Fsp3) is 0.435. The van der Waals surface area contributed by atoms with Gasteiger partial charge in [0.1, 0.15) is 18.1 Å². The van der Waals surface area contributed by atoms with Crippen LogP contribution in [-0.4, -0.2) is 51.0 Å². The molecule has 0 spiro atoms. The maximum absolute atomic E-state index is 12.7. The van der Waals surface area contributed by atoms with Gasteiger partial charge >= 0.3 is 0 Å². The zero-order valence-corrected chi connectivity index (χ0v) is 18.9. The van der Waals surface area contributed by atoms with Gasteiger partial charge in [0.25, 0.3) is 5.91 Å². The van der Waals surface area contributed by atoms with Gasteiger partial charge in [0.05, 0.1) is 17.5 Å². The quantitative estimate of drug-likeness (QED) is 0.597. The average Bonchev–Trinajstić information content (AvgIpc) is 2.77. The average molecular weight is 447 g/mol. The van der Waals surface area contributed by atoms with E-state index in [0.717, 1.165) is 25.0 Å². The van der Waals surface area contributed by atoms with E-state index < -0.39 is 10.0 Å². The highest BCUT2D eigenvalue weighted by Gasteiger charge is 2.25. The third-order valence-electron chi connectivity index (χ3n) is 4.92. The highest BCUT2D eigenvalue weighted by atomic mass is 32.2. The summed E-state index contributed by atoms with van der Waals surface area (Å²) in [5, 5.41) is 2.80. The Morgan fingerprint density at radius 3 is 2.19 bits per heavy atom. The van der Waals surface area contributed by atoms with E-state index in [2.05, 4.69) is 5.32 Å². The minimum absolute atomic E-state index is 0.0794. The molecule has 2 aromatic carbocycles. The Labute approximate surface area is 184 Å². The van der Waals surface area contributed by atoms with Gasteiger partial charge < -0.3 is 14.8 Å². The third-order valence-corrected chi connectivity index (χ3v) is 6.83. The second-order valence-corrected chi connectivity index (χ2v) is 9.67. The first-order valence-corrected chi connectivity index (χ1v) is 12.1. The smallest absolute Gasteiger partial charge is 0.251 e. The molecule has 168 valence electrons. The molecule has 3 rings (SSSR count). The van der Waals surface area contributed by atoms with E-state index in [-0.39, 0.29) is 23.5 Å². The number of piperidine rings is 1. The molecule has 0 radical (unpaired) electrons. The van der Waals surface area contributed by atoms with Crippen molar-refractivity contribution in [1.82, 2.24) is 9.62 Å². The Morgan fingerprint density at radius 1 is 0.968 bits per heavy atom. The molecular weight excluding hydrogens is 416 g/mol. The fourth-order valence-electron chi connectivity index (χ4n) is 3.35. The Morgan fingerprint density at radius 2 is 1.58 bits per heavy atom. The van der Waals surface area contributed by atoms with E-state index in [4.69, 9.17) is 9.47 Å². The highest BCUT2D eigenvalue weighted by molar-refractivity contribution is 7.89. The summed E-state index contributed by atoms with van der Waals surface area (Å²) in [6, 6.07) is 13.4. The minimum atomic E-state index is -3.44. The first-order chi connectivity index (χ1) is 14.9. The summed E-state index contributed by atoms with van der Waals surface area (Å²) in [5.74, 6) is 1.09. The standard InChI is InChI=1S/C23H30N2O5S/c1-18(2)30-21-8-6-19(7-9-21)23(26)24-14-17-29-20-10-12-22(13-11-20)31(27,28)25-15-4-3-5-16-25/h6-13,18H,3-5,14-17H2,1-2H3,(H,24,26). The Kier molecular flexibility index (Phi) is 7.92. The highest BCUT2D eigenvalue weighted by Crippen LogP contribution is 2.22. The van der Waals surface area contributed by atoms with Gasteiger partial charge in [-0.3, -0.25) is 4.79 Å². The number of amides is 1. The molecule has 0 atom stereocenters. The number of benzene rings is 2. The molecule has 0 unspecified atom stereocenters. The van der Waals surface area contributed by atoms with Crippen LogP contribution in [0.3, 0.4) is 0 Å². The summed E-state index contributed by atoms with van der Waals surface area (Å²) in [6.07, 6.45) is 2.97. The number of hydrogen-bond donors (Lipinski definition) is 1. The summed E-state index contributed by atoms with van der Waals surface area (Å²) in [7, 11) is -3.44. The molecule has 1 heterocycles. The summed E-state index contributed by atoms with van der Waals surface area (Å²) in [4.78, 5) is 12.5. The number of nitrogens with zero attached hydrogens (tertiary/aromatic N) is 1. The van der Waals surface area contributed by atoms with Gasteiger partial charge in [-0.15, -0.1) is 0 Å². The number of carbonyl (C=O) groups is 1. The molecule has 1 aliphatic rings. The number of rotatable bonds is 9. The SMILES string of the molecule is CC(C)Oc1ccc(C(=O)NCCOc2ccc(S(=O)(=O)N3CCCCC3)cc2)cc1. The molecule has 8 heteroatoms. The van der Waals surface area contributed by atoms with Crippen LogP contribution in [0, 0.1) is 0 Å². The minimum Gasteiger partial charge on any atom is -0.492 e. The van der Waals surface area contributed by atoms with Crippen LogP contribution < -0.4 is 14.8 Å². The molecule has 0 aliphatic carbocycles. The van der Waals surface area contributed by atoms with E-state index in [1.54, 1.807) is 52.8 Å². The number of ether oxygens (including phenoxy) is 2. The maximum atomic E-state index is 12.7. The predicted octanol–water partition coefficient (Wildman–Crippen LogP) is 3.46. The van der Waals surface area contributed by atoms with Crippen LogP contribution in [0.1, 0.15) is 43.5 Å². The predicted molar refractivity (Wildman–Crippen MR) is 119 cm³/mol. The van der Waals surface area contributed by atoms with E-state index >= 15 is 0 Å². The van der Waals surface area contributed by atoms with Crippen LogP contribution in [0.5, 0.6) is 11.5 Å². The van der Waals surface area contributed by atoms with E-state index in [9.17, 15) is 13.2 Å². The lowest BCUT2D eigenvalue weighted by Crippen LogP contribution is -2.35. The largest absolute Gasteiger partial charge is 0.492 e. The molecule has 31 heavy (non-hydrogen) atoms. The molecule has 0 aromatic heterocycles. The fourth-order valence-corrected chi connectivity index (χ4v) is 4.87. The van der Waals surface area contributed by atoms with E-state index in [1.165, 1.54) is 0 Å². The summed E-state index contributed by atoms with van der Waals surface area (Å²) in [6.45, 7) is 5.65. The van der Waals surface area contributed by atoms with Crippen molar-refractivity contribution >= 4 is 15.9 Å². The zero-order valence-electron chi connectivity index (χ0n) is 18.0. The van der Waals surface area contributed by atoms with Gasteiger partial charge in [-0.2, -0.15) is 4.31 Å². The third kappa shape index (κ3) is 6.45. The second-order valence-electron chi connectivity index (χ2n) is 7.73. The van der Waals surface area contributed by atoms with Gasteiger partial charge in [-0.05, 0) is 75.2 Å². The van der Waals surface area contributed by atoms with Crippen molar-refractivity contribution in [3.63, 3.8) is 0 Å². The summed E-state index contributed by atoms with van der Waals surface area (Å²) in [5.41, 5.74) is 0.545. The van der Waals surface area contributed by atoms with E-state index in [1.807, 2.05) is 13.8 Å². The Hall–Kier alpha value is -2.58. The normalized spacial score (nSPS) is 14.9. The van der Waals surface area contributed by atoms with Crippen molar-refractivity contribution in [2.24, 2.45) is 0 Å². The lowest BCUT2D eigenvalue weighted by Gasteiger charge is -2.25. The molecule has 1 N–H and O–H groups in total. The van der Waals surface area contributed by atoms with Crippen LogP contribution >= 0.6 is 0 Å². The number of nitrogens with one attached hydrogen (secondary N) is 1. The van der Waals surface area contributed by atoms with Crippen molar-refractivity contribution in [2.75, 3.05) is 26.2 Å². The van der Waals surface area contributed by atoms with Crippen molar-refractivity contribution in [3.8, 4) is 11.5 Å². The molecular formula is C23H30N2O5S. The monoisotopic (exact) mass is 446 g/mol. The van der Waals surface area contributed by atoms with Gasteiger partial charge in [0, 0.05) is 18.7 Å². The molecule has 1 saturated heterocycles. The van der Waals surface area contributed by atoms with Crippen LogP contribution in [0.15, 0.2) is 53.4 Å². The molecule has 0 bridgehead atoms. The lowest BCUT2D eigenvalue weighted by atomic mass is 10.2. The number of carbonyl (C=O) groups excluding carboxylic acids is 1. The molecule has 1 amide bonds. The van der Waals surface area contributed by atoms with Gasteiger partial charge in [0.2, 0.25) is 10.0 Å². The maximum Gasteiger partial charge on any atom is 0.251 e. The van der Waals surface area contributed by atoms with Crippen molar-refractivity contribution < 1.29 is 22.7 Å². The first-order valence-electron chi connectivity index (χ1n) is 10.6. The first kappa shape index (κ1) is 23.1. The lowest BCUT2D eigenvalue weighted by molar-refractivity contribution is 0.0947. The van der Waals surface area contributed by atoms with Gasteiger partial charge in [0.15, 0.2) is 0 Å². The number of hydrogen-bond acceptors (Lipinski definition) is 5. The van der Waals surface area contributed by atoms with Crippen LogP contribution in [0.2, 0.25) is 0 Å². The Bertz CT molecular complexity index is 950. The van der Waals surface area contributed by atoms with Crippen molar-refractivity contribution in [2.45, 2.75) is 44.1 Å². The molecule has 7 nitrogen and oxygen atoms in total.